The predicted octanol–water partition coefficient (Wildman–Crippen LogP) is 3.82. The van der Waals surface area contributed by atoms with Gasteiger partial charge in [-0.3, -0.25) is 4.79 Å². The monoisotopic (exact) mass is 416 g/mol. The molecule has 1 atom stereocenters. The molecular weight excluding hydrogens is 388 g/mol. The third-order valence-corrected chi connectivity index (χ3v) is 7.15. The fourth-order valence-electron chi connectivity index (χ4n) is 3.60. The van der Waals surface area contributed by atoms with E-state index >= 15 is 0 Å². The minimum absolute atomic E-state index is 0.0724. The zero-order chi connectivity index (χ0) is 20.9. The van der Waals surface area contributed by atoms with Crippen LogP contribution >= 0.6 is 0 Å². The number of nitrogens with zero attached hydrogens (tertiary/aromatic N) is 1. The lowest BCUT2D eigenvalue weighted by molar-refractivity contribution is -0.116. The van der Waals surface area contributed by atoms with Crippen molar-refractivity contribution in [1.29, 1.82) is 0 Å². The highest BCUT2D eigenvalue weighted by molar-refractivity contribution is 7.89. The van der Waals surface area contributed by atoms with Gasteiger partial charge in [0.1, 0.15) is 5.75 Å². The third-order valence-electron chi connectivity index (χ3n) is 5.27. The van der Waals surface area contributed by atoms with Crippen molar-refractivity contribution in [2.24, 2.45) is 5.92 Å². The Morgan fingerprint density at radius 2 is 1.97 bits per heavy atom. The molecule has 3 rings (SSSR count). The van der Waals surface area contributed by atoms with Gasteiger partial charge in [-0.25, -0.2) is 8.42 Å². The number of ether oxygens (including phenoxy) is 1. The van der Waals surface area contributed by atoms with Crippen LogP contribution in [0.1, 0.15) is 31.2 Å². The van der Waals surface area contributed by atoms with E-state index in [1.54, 1.807) is 29.6 Å². The van der Waals surface area contributed by atoms with Crippen molar-refractivity contribution in [2.75, 3.05) is 25.5 Å². The minimum atomic E-state index is -3.49. The standard InChI is InChI=1S/C22H28N2O4S/c1-17-8-11-21(12-9-17)29(26,27)24-14-4-5-18(16-24)10-13-22(25)23-19-6-3-7-20(15-19)28-2/h3,6-9,11-12,15,18H,4-5,10,13-14,16H2,1-2H3,(H,23,25). The second-order valence-electron chi connectivity index (χ2n) is 7.50. The van der Waals surface area contributed by atoms with Gasteiger partial charge in [0.2, 0.25) is 15.9 Å². The van der Waals surface area contributed by atoms with E-state index < -0.39 is 10.0 Å². The third kappa shape index (κ3) is 5.58. The molecule has 1 N–H and O–H groups in total. The number of carbonyl (C=O) groups is 1. The summed E-state index contributed by atoms with van der Waals surface area (Å²) in [4.78, 5) is 12.6. The molecule has 0 saturated carbocycles. The van der Waals surface area contributed by atoms with Gasteiger partial charge in [-0.05, 0) is 56.4 Å². The van der Waals surface area contributed by atoms with Crippen molar-refractivity contribution in [1.82, 2.24) is 4.31 Å². The second kappa shape index (κ2) is 9.41. The predicted molar refractivity (Wildman–Crippen MR) is 114 cm³/mol. The normalized spacial score (nSPS) is 17.7. The number of carbonyl (C=O) groups excluding carboxylic acids is 1. The number of nitrogens with one attached hydrogen (secondary N) is 1. The molecule has 6 nitrogen and oxygen atoms in total. The van der Waals surface area contributed by atoms with Gasteiger partial charge in [0.15, 0.2) is 0 Å². The molecule has 0 aliphatic carbocycles. The highest BCUT2D eigenvalue weighted by atomic mass is 32.2. The van der Waals surface area contributed by atoms with Gasteiger partial charge in [-0.1, -0.05) is 23.8 Å². The van der Waals surface area contributed by atoms with Gasteiger partial charge in [0.25, 0.3) is 0 Å². The summed E-state index contributed by atoms with van der Waals surface area (Å²) in [5.74, 6) is 0.795. The van der Waals surface area contributed by atoms with Crippen LogP contribution in [-0.2, 0) is 14.8 Å². The van der Waals surface area contributed by atoms with Crippen molar-refractivity contribution in [2.45, 2.75) is 37.5 Å². The zero-order valence-corrected chi connectivity index (χ0v) is 17.7. The van der Waals surface area contributed by atoms with E-state index in [1.807, 2.05) is 37.3 Å². The van der Waals surface area contributed by atoms with Crippen LogP contribution in [0.4, 0.5) is 5.69 Å². The smallest absolute Gasteiger partial charge is 0.243 e. The van der Waals surface area contributed by atoms with Crippen LogP contribution in [0.15, 0.2) is 53.4 Å². The summed E-state index contributed by atoms with van der Waals surface area (Å²) in [6, 6.07) is 14.2. The maximum absolute atomic E-state index is 12.9. The first kappa shape index (κ1) is 21.3. The van der Waals surface area contributed by atoms with Crippen LogP contribution in [0, 0.1) is 12.8 Å². The number of benzene rings is 2. The number of hydrogen-bond donors (Lipinski definition) is 1. The lowest BCUT2D eigenvalue weighted by Crippen LogP contribution is -2.40. The lowest BCUT2D eigenvalue weighted by Gasteiger charge is -2.32. The number of hydrogen-bond acceptors (Lipinski definition) is 4. The summed E-state index contributed by atoms with van der Waals surface area (Å²) in [7, 11) is -1.90. The number of sulfonamides is 1. The molecule has 0 aromatic heterocycles. The Morgan fingerprint density at radius 3 is 2.69 bits per heavy atom. The van der Waals surface area contributed by atoms with E-state index in [-0.39, 0.29) is 11.8 Å². The van der Waals surface area contributed by atoms with Crippen molar-refractivity contribution < 1.29 is 17.9 Å². The average molecular weight is 417 g/mol. The molecule has 29 heavy (non-hydrogen) atoms. The van der Waals surface area contributed by atoms with E-state index in [1.165, 1.54) is 0 Å². The van der Waals surface area contributed by atoms with Crippen LogP contribution in [0.3, 0.4) is 0 Å². The molecule has 1 aliphatic rings. The Morgan fingerprint density at radius 1 is 1.21 bits per heavy atom. The van der Waals surface area contributed by atoms with E-state index in [0.29, 0.717) is 42.3 Å². The van der Waals surface area contributed by atoms with E-state index in [9.17, 15) is 13.2 Å². The lowest BCUT2D eigenvalue weighted by atomic mass is 9.94. The van der Waals surface area contributed by atoms with Gasteiger partial charge in [0, 0.05) is 31.3 Å². The van der Waals surface area contributed by atoms with Crippen molar-refractivity contribution >= 4 is 21.6 Å². The topological polar surface area (TPSA) is 75.7 Å². The number of rotatable bonds is 7. The van der Waals surface area contributed by atoms with Gasteiger partial charge in [0.05, 0.1) is 12.0 Å². The van der Waals surface area contributed by atoms with Gasteiger partial charge >= 0.3 is 0 Å². The highest BCUT2D eigenvalue weighted by Gasteiger charge is 2.30. The zero-order valence-electron chi connectivity index (χ0n) is 16.9. The number of methoxy groups -OCH3 is 1. The van der Waals surface area contributed by atoms with Gasteiger partial charge in [-0.15, -0.1) is 0 Å². The summed E-state index contributed by atoms with van der Waals surface area (Å²) >= 11 is 0. The Balaban J connectivity index is 1.55. The van der Waals surface area contributed by atoms with Crippen molar-refractivity contribution in [3.05, 3.63) is 54.1 Å². The molecule has 156 valence electrons. The summed E-state index contributed by atoms with van der Waals surface area (Å²) in [5, 5.41) is 2.88. The molecule has 0 spiro atoms. The molecule has 0 bridgehead atoms. The maximum Gasteiger partial charge on any atom is 0.243 e. The van der Waals surface area contributed by atoms with Crippen molar-refractivity contribution in [3.8, 4) is 5.75 Å². The Labute approximate surface area is 172 Å². The van der Waals surface area contributed by atoms with Gasteiger partial charge < -0.3 is 10.1 Å². The highest BCUT2D eigenvalue weighted by Crippen LogP contribution is 2.27. The quantitative estimate of drug-likeness (QED) is 0.744. The fourth-order valence-corrected chi connectivity index (χ4v) is 5.15. The van der Waals surface area contributed by atoms with E-state index in [2.05, 4.69) is 5.32 Å². The fraction of sp³-hybridized carbons (Fsp3) is 0.409. The molecular formula is C22H28N2O4S. The van der Waals surface area contributed by atoms with E-state index in [0.717, 1.165) is 18.4 Å². The number of aryl methyl sites for hydroxylation is 1. The minimum Gasteiger partial charge on any atom is -0.497 e. The SMILES string of the molecule is COc1cccc(NC(=O)CCC2CCCN(S(=O)(=O)c3ccc(C)cc3)C2)c1. The van der Waals surface area contributed by atoms with Crippen LogP contribution < -0.4 is 10.1 Å². The Hall–Kier alpha value is -2.38. The van der Waals surface area contributed by atoms with Crippen LogP contribution in [0.5, 0.6) is 5.75 Å². The summed E-state index contributed by atoms with van der Waals surface area (Å²) in [6.45, 7) is 2.93. The van der Waals surface area contributed by atoms with Crippen LogP contribution in [-0.4, -0.2) is 38.8 Å². The van der Waals surface area contributed by atoms with Crippen LogP contribution in [0.25, 0.3) is 0 Å². The van der Waals surface area contributed by atoms with Crippen molar-refractivity contribution in [3.63, 3.8) is 0 Å². The molecule has 1 amide bonds. The largest absolute Gasteiger partial charge is 0.497 e. The van der Waals surface area contributed by atoms with E-state index in [4.69, 9.17) is 4.74 Å². The van der Waals surface area contributed by atoms with Gasteiger partial charge in [-0.2, -0.15) is 4.31 Å². The molecule has 2 aromatic rings. The molecule has 1 unspecified atom stereocenters. The average Bonchev–Trinajstić information content (AvgIpc) is 2.73. The number of anilines is 1. The first-order chi connectivity index (χ1) is 13.9. The molecule has 2 aromatic carbocycles. The maximum atomic E-state index is 12.9. The summed E-state index contributed by atoms with van der Waals surface area (Å²) in [6.07, 6.45) is 2.77. The first-order valence-electron chi connectivity index (χ1n) is 9.89. The summed E-state index contributed by atoms with van der Waals surface area (Å²) < 4.78 is 32.6. The Bertz CT molecular complexity index is 942. The second-order valence-corrected chi connectivity index (χ2v) is 9.44. The molecule has 1 aliphatic heterocycles. The first-order valence-corrected chi connectivity index (χ1v) is 11.3. The Kier molecular flexibility index (Phi) is 6.92. The number of piperidine rings is 1. The summed E-state index contributed by atoms with van der Waals surface area (Å²) in [5.41, 5.74) is 1.73. The molecule has 1 heterocycles. The van der Waals surface area contributed by atoms with Crippen LogP contribution in [0.2, 0.25) is 0 Å². The molecule has 1 fully saturated rings. The molecule has 0 radical (unpaired) electrons. The molecule has 1 saturated heterocycles. The molecule has 7 heteroatoms. The number of amides is 1.